The third-order valence-corrected chi connectivity index (χ3v) is 11.1. The molecule has 0 bridgehead atoms. The minimum absolute atomic E-state index is 0.363. The van der Waals surface area contributed by atoms with Gasteiger partial charge in [0.25, 0.3) is 0 Å². The van der Waals surface area contributed by atoms with Crippen LogP contribution in [-0.4, -0.2) is 37.0 Å². The van der Waals surface area contributed by atoms with Crippen LogP contribution < -0.4 is 0 Å². The third kappa shape index (κ3) is 4.33. The monoisotopic (exact) mass is 472 g/mol. The first-order valence-corrected chi connectivity index (χ1v) is 14.9. The summed E-state index contributed by atoms with van der Waals surface area (Å²) in [5.74, 6) is 3.72. The molecule has 0 aromatic rings. The van der Waals surface area contributed by atoms with Crippen molar-refractivity contribution in [2.45, 2.75) is 129 Å². The Morgan fingerprint density at radius 1 is 0.529 bits per heavy atom. The van der Waals surface area contributed by atoms with Gasteiger partial charge in [0, 0.05) is 13.2 Å². The van der Waals surface area contributed by atoms with E-state index in [0.717, 1.165) is 76.4 Å². The minimum Gasteiger partial charge on any atom is -0.379 e. The molecule has 0 atom stereocenters. The molecule has 4 heteroatoms. The smallest absolute Gasteiger partial charge is 0.159 e. The molecule has 0 unspecified atom stereocenters. The van der Waals surface area contributed by atoms with E-state index in [-0.39, 0.29) is 0 Å². The molecule has 0 aliphatic heterocycles. The number of carbonyl (C=O) groups is 2. The van der Waals surface area contributed by atoms with Gasteiger partial charge in [0.15, 0.2) is 11.6 Å². The molecular weight excluding hydrogens is 424 g/mol. The topological polar surface area (TPSA) is 52.6 Å². The minimum atomic E-state index is -0.582. The molecule has 5 rings (SSSR count). The van der Waals surface area contributed by atoms with Gasteiger partial charge in [-0.2, -0.15) is 0 Å². The first-order chi connectivity index (χ1) is 16.5. The van der Waals surface area contributed by atoms with E-state index in [9.17, 15) is 9.59 Å². The highest BCUT2D eigenvalue weighted by atomic mass is 16.5. The summed E-state index contributed by atoms with van der Waals surface area (Å²) in [6.45, 7) is 5.82. The van der Waals surface area contributed by atoms with E-state index in [1.807, 2.05) is 0 Å². The van der Waals surface area contributed by atoms with Gasteiger partial charge in [0.05, 0.1) is 23.0 Å². The Bertz CT molecular complexity index is 634. The van der Waals surface area contributed by atoms with Crippen LogP contribution in [0.4, 0.5) is 0 Å². The Morgan fingerprint density at radius 3 is 1.12 bits per heavy atom. The second kappa shape index (κ2) is 10.3. The Morgan fingerprint density at radius 2 is 0.824 bits per heavy atom. The van der Waals surface area contributed by atoms with Crippen molar-refractivity contribution < 1.29 is 19.1 Å². The summed E-state index contributed by atoms with van der Waals surface area (Å²) in [5.41, 5.74) is -1.16. The predicted molar refractivity (Wildman–Crippen MR) is 134 cm³/mol. The average molecular weight is 473 g/mol. The Kier molecular flexibility index (Phi) is 7.57. The molecule has 0 heterocycles. The maximum Gasteiger partial charge on any atom is 0.159 e. The van der Waals surface area contributed by atoms with E-state index in [2.05, 4.69) is 13.8 Å². The summed E-state index contributed by atoms with van der Waals surface area (Å²) < 4.78 is 11.7. The fraction of sp³-hybridized carbons (Fsp3) is 0.933. The van der Waals surface area contributed by atoms with Crippen LogP contribution in [0, 0.1) is 34.5 Å². The lowest BCUT2D eigenvalue weighted by atomic mass is 9.41. The second-order valence-electron chi connectivity index (χ2n) is 12.5. The maximum atomic E-state index is 13.7. The number of rotatable bonds is 6. The van der Waals surface area contributed by atoms with Gasteiger partial charge in [-0.3, -0.25) is 9.59 Å². The van der Waals surface area contributed by atoms with E-state index in [4.69, 9.17) is 9.47 Å². The van der Waals surface area contributed by atoms with E-state index in [1.165, 1.54) is 51.4 Å². The summed E-state index contributed by atoms with van der Waals surface area (Å²) in [6, 6.07) is 0. The van der Waals surface area contributed by atoms with Crippen LogP contribution in [0.1, 0.15) is 117 Å². The van der Waals surface area contributed by atoms with Gasteiger partial charge in [-0.1, -0.05) is 0 Å². The highest BCUT2D eigenvalue weighted by molar-refractivity contribution is 6.30. The van der Waals surface area contributed by atoms with Crippen LogP contribution in [0.5, 0.6) is 0 Å². The lowest BCUT2D eigenvalue weighted by molar-refractivity contribution is -0.179. The Hall–Kier alpha value is -0.740. The summed E-state index contributed by atoms with van der Waals surface area (Å²) in [5, 5.41) is 0. The lowest BCUT2D eigenvalue weighted by Gasteiger charge is -2.58. The van der Waals surface area contributed by atoms with Crippen LogP contribution in [0.2, 0.25) is 0 Å². The van der Waals surface area contributed by atoms with Crippen molar-refractivity contribution in [1.82, 2.24) is 0 Å². The standard InChI is InChI=1S/C30H48O4/c1-3-33-25-9-5-21(6-10-25)23-13-17-29(18-14-23)27(31)30(28(29)32)19-15-24(16-20-30)22-7-11-26(12-8-22)34-4-2/h21-26H,3-20H2,1-2H3/t21-,22-,23?,24?,25-,26-,29?,30?. The molecule has 5 aliphatic rings. The van der Waals surface area contributed by atoms with Gasteiger partial charge in [-0.25, -0.2) is 0 Å². The molecule has 5 saturated carbocycles. The van der Waals surface area contributed by atoms with Gasteiger partial charge in [-0.15, -0.1) is 0 Å². The number of carbonyl (C=O) groups excluding carboxylic acids is 2. The first-order valence-electron chi connectivity index (χ1n) is 14.9. The summed E-state index contributed by atoms with van der Waals surface area (Å²) in [6.07, 6.45) is 18.5. The molecule has 0 radical (unpaired) electrons. The third-order valence-electron chi connectivity index (χ3n) is 11.1. The molecule has 5 aliphatic carbocycles. The maximum absolute atomic E-state index is 13.7. The molecule has 0 amide bonds. The van der Waals surface area contributed by atoms with Crippen molar-refractivity contribution in [3.05, 3.63) is 0 Å². The van der Waals surface area contributed by atoms with Crippen molar-refractivity contribution in [3.8, 4) is 0 Å². The first kappa shape index (κ1) is 24.9. The molecule has 4 nitrogen and oxygen atoms in total. The molecule has 0 aromatic heterocycles. The van der Waals surface area contributed by atoms with Crippen LogP contribution in [0.15, 0.2) is 0 Å². The average Bonchev–Trinajstić information content (AvgIpc) is 2.89. The van der Waals surface area contributed by atoms with Crippen LogP contribution in [-0.2, 0) is 19.1 Å². The van der Waals surface area contributed by atoms with Crippen LogP contribution in [0.3, 0.4) is 0 Å². The quantitative estimate of drug-likeness (QED) is 0.405. The van der Waals surface area contributed by atoms with E-state index >= 15 is 0 Å². The summed E-state index contributed by atoms with van der Waals surface area (Å²) in [7, 11) is 0. The zero-order valence-electron chi connectivity index (χ0n) is 21.8. The number of Topliss-reactive ketones (excluding diaryl/α,β-unsaturated/α-hetero) is 2. The molecule has 192 valence electrons. The largest absolute Gasteiger partial charge is 0.379 e. The van der Waals surface area contributed by atoms with Crippen LogP contribution >= 0.6 is 0 Å². The lowest BCUT2D eigenvalue weighted by Crippen LogP contribution is -2.68. The SMILES string of the molecule is CCO[C@H]1CC[C@H](C2CCC3(CC2)C(=O)C2(CCC([C@H]4CC[C@H](OCC)CC4)CC2)C3=O)CC1. The molecule has 0 aromatic carbocycles. The second-order valence-corrected chi connectivity index (χ2v) is 12.5. The number of hydrogen-bond acceptors (Lipinski definition) is 4. The fourth-order valence-corrected chi connectivity index (χ4v) is 9.10. The molecule has 34 heavy (non-hydrogen) atoms. The Labute approximate surface area is 207 Å². The van der Waals surface area contributed by atoms with E-state index < -0.39 is 10.8 Å². The van der Waals surface area contributed by atoms with Gasteiger partial charge < -0.3 is 9.47 Å². The van der Waals surface area contributed by atoms with Gasteiger partial charge >= 0.3 is 0 Å². The van der Waals surface area contributed by atoms with Gasteiger partial charge in [-0.05, 0) is 140 Å². The number of ketones is 2. The zero-order chi connectivity index (χ0) is 23.8. The molecule has 0 saturated heterocycles. The van der Waals surface area contributed by atoms with Gasteiger partial charge in [0.1, 0.15) is 0 Å². The highest BCUT2D eigenvalue weighted by Crippen LogP contribution is 2.62. The van der Waals surface area contributed by atoms with Crippen LogP contribution in [0.25, 0.3) is 0 Å². The summed E-state index contributed by atoms with van der Waals surface area (Å²) in [4.78, 5) is 27.3. The molecular formula is C30H48O4. The number of hydrogen-bond donors (Lipinski definition) is 0. The molecule has 5 fully saturated rings. The van der Waals surface area contributed by atoms with Crippen molar-refractivity contribution in [1.29, 1.82) is 0 Å². The fourth-order valence-electron chi connectivity index (χ4n) is 9.10. The van der Waals surface area contributed by atoms with Crippen molar-refractivity contribution in [3.63, 3.8) is 0 Å². The number of ether oxygens (including phenoxy) is 2. The van der Waals surface area contributed by atoms with E-state index in [1.54, 1.807) is 0 Å². The van der Waals surface area contributed by atoms with Crippen molar-refractivity contribution >= 4 is 11.6 Å². The summed E-state index contributed by atoms with van der Waals surface area (Å²) >= 11 is 0. The highest BCUT2D eigenvalue weighted by Gasteiger charge is 2.71. The van der Waals surface area contributed by atoms with Crippen molar-refractivity contribution in [2.24, 2.45) is 34.5 Å². The van der Waals surface area contributed by atoms with Crippen molar-refractivity contribution in [2.75, 3.05) is 13.2 Å². The zero-order valence-corrected chi connectivity index (χ0v) is 21.8. The van der Waals surface area contributed by atoms with E-state index in [0.29, 0.717) is 35.6 Å². The van der Waals surface area contributed by atoms with Gasteiger partial charge in [0.2, 0.25) is 0 Å². The molecule has 0 N–H and O–H groups in total. The molecule has 2 spiro atoms. The predicted octanol–water partition coefficient (Wildman–Crippen LogP) is 6.68. The Balaban J connectivity index is 1.10. The normalized spacial score (nSPS) is 45.5.